The first-order chi connectivity index (χ1) is 8.11. The molecule has 0 saturated heterocycles. The highest BCUT2D eigenvalue weighted by Gasteiger charge is 2.21. The molecule has 0 aliphatic carbocycles. The van der Waals surface area contributed by atoms with E-state index in [-0.39, 0.29) is 5.69 Å². The second-order valence-electron chi connectivity index (χ2n) is 3.23. The highest BCUT2D eigenvalue weighted by molar-refractivity contribution is 6.33. The highest BCUT2D eigenvalue weighted by atomic mass is 35.5. The summed E-state index contributed by atoms with van der Waals surface area (Å²) in [5, 5.41) is 11.3. The van der Waals surface area contributed by atoms with E-state index >= 15 is 0 Å². The van der Waals surface area contributed by atoms with E-state index in [9.17, 15) is 10.1 Å². The average Bonchev–Trinajstić information content (AvgIpc) is 2.28. The van der Waals surface area contributed by atoms with Gasteiger partial charge in [0, 0.05) is 30.9 Å². The van der Waals surface area contributed by atoms with Gasteiger partial charge in [0.05, 0.1) is 9.95 Å². The maximum Gasteiger partial charge on any atom is 0.294 e. The van der Waals surface area contributed by atoms with E-state index < -0.39 is 4.92 Å². The van der Waals surface area contributed by atoms with Crippen molar-refractivity contribution in [2.75, 3.05) is 29.7 Å². The van der Waals surface area contributed by atoms with Gasteiger partial charge >= 0.3 is 0 Å². The van der Waals surface area contributed by atoms with Crippen LogP contribution in [0.1, 0.15) is 0 Å². The van der Waals surface area contributed by atoms with Crippen molar-refractivity contribution in [1.29, 1.82) is 0 Å². The Kier molecular flexibility index (Phi) is 5.82. The fraction of sp³-hybridized carbons (Fsp3) is 0.400. The summed E-state index contributed by atoms with van der Waals surface area (Å²) in [6, 6.07) is 4.57. The fourth-order valence-electron chi connectivity index (χ4n) is 1.50. The Morgan fingerprint density at radius 1 is 1.24 bits per heavy atom. The van der Waals surface area contributed by atoms with Gasteiger partial charge in [-0.05, 0) is 6.07 Å². The molecule has 0 atom stereocenters. The minimum absolute atomic E-state index is 0.0345. The van der Waals surface area contributed by atoms with E-state index in [1.807, 2.05) is 0 Å². The molecule has 0 aliphatic heterocycles. The Labute approximate surface area is 114 Å². The lowest BCUT2D eigenvalue weighted by atomic mass is 10.2. The van der Waals surface area contributed by atoms with E-state index in [1.165, 1.54) is 6.07 Å². The molecule has 0 aromatic heterocycles. The van der Waals surface area contributed by atoms with Crippen molar-refractivity contribution in [1.82, 2.24) is 0 Å². The average molecular weight is 298 g/mol. The first-order valence-electron chi connectivity index (χ1n) is 4.91. The first-order valence-corrected chi connectivity index (χ1v) is 6.36. The van der Waals surface area contributed by atoms with Gasteiger partial charge in [0.2, 0.25) is 0 Å². The van der Waals surface area contributed by atoms with Gasteiger partial charge in [-0.15, -0.1) is 23.2 Å². The lowest BCUT2D eigenvalue weighted by Gasteiger charge is -2.23. The number of halogens is 3. The third-order valence-electron chi connectivity index (χ3n) is 2.19. The number of nitrogens with zero attached hydrogens (tertiary/aromatic N) is 2. The number of anilines is 1. The third-order valence-corrected chi connectivity index (χ3v) is 2.83. The van der Waals surface area contributed by atoms with Crippen molar-refractivity contribution in [2.45, 2.75) is 0 Å². The lowest BCUT2D eigenvalue weighted by Crippen LogP contribution is -2.28. The van der Waals surface area contributed by atoms with E-state index in [2.05, 4.69) is 0 Å². The van der Waals surface area contributed by atoms with Crippen LogP contribution in [-0.2, 0) is 0 Å². The number of para-hydroxylation sites is 1. The summed E-state index contributed by atoms with van der Waals surface area (Å²) in [4.78, 5) is 12.2. The number of rotatable bonds is 6. The largest absolute Gasteiger partial charge is 0.362 e. The van der Waals surface area contributed by atoms with Crippen LogP contribution in [0.2, 0.25) is 5.02 Å². The number of nitro groups is 1. The molecule has 0 aliphatic rings. The lowest BCUT2D eigenvalue weighted by molar-refractivity contribution is -0.384. The van der Waals surface area contributed by atoms with E-state index in [0.29, 0.717) is 35.6 Å². The van der Waals surface area contributed by atoms with E-state index in [0.717, 1.165) is 0 Å². The summed E-state index contributed by atoms with van der Waals surface area (Å²) in [6.45, 7) is 0.914. The first kappa shape index (κ1) is 14.4. The zero-order valence-electron chi connectivity index (χ0n) is 8.91. The molecule has 0 amide bonds. The SMILES string of the molecule is O=[N+]([O-])c1cccc(Cl)c1N(CCCl)CCCl. The normalized spacial score (nSPS) is 10.3. The van der Waals surface area contributed by atoms with Crippen molar-refractivity contribution in [3.05, 3.63) is 33.3 Å². The molecule has 0 unspecified atom stereocenters. The van der Waals surface area contributed by atoms with Crippen LogP contribution in [0.25, 0.3) is 0 Å². The number of hydrogen-bond donors (Lipinski definition) is 0. The maximum atomic E-state index is 10.9. The highest BCUT2D eigenvalue weighted by Crippen LogP contribution is 2.35. The molecule has 4 nitrogen and oxygen atoms in total. The molecular weight excluding hydrogens is 286 g/mol. The van der Waals surface area contributed by atoms with Crippen molar-refractivity contribution in [3.8, 4) is 0 Å². The van der Waals surface area contributed by atoms with Crippen molar-refractivity contribution >= 4 is 46.2 Å². The van der Waals surface area contributed by atoms with Crippen molar-refractivity contribution in [3.63, 3.8) is 0 Å². The van der Waals surface area contributed by atoms with E-state index in [1.54, 1.807) is 17.0 Å². The summed E-state index contributed by atoms with van der Waals surface area (Å²) < 4.78 is 0. The van der Waals surface area contributed by atoms with Crippen molar-refractivity contribution in [2.24, 2.45) is 0 Å². The number of alkyl halides is 2. The van der Waals surface area contributed by atoms with Gasteiger partial charge in [0.1, 0.15) is 5.69 Å². The fourth-order valence-corrected chi connectivity index (χ4v) is 2.20. The number of nitro benzene ring substituents is 1. The number of benzene rings is 1. The molecule has 1 aromatic carbocycles. The molecule has 0 saturated carbocycles. The van der Waals surface area contributed by atoms with Gasteiger partial charge in [0.25, 0.3) is 5.69 Å². The monoisotopic (exact) mass is 296 g/mol. The maximum absolute atomic E-state index is 10.9. The molecule has 0 bridgehead atoms. The van der Waals surface area contributed by atoms with E-state index in [4.69, 9.17) is 34.8 Å². The van der Waals surface area contributed by atoms with Crippen LogP contribution in [0.5, 0.6) is 0 Å². The molecule has 0 N–H and O–H groups in total. The number of hydrogen-bond acceptors (Lipinski definition) is 3. The molecule has 0 spiro atoms. The summed E-state index contributed by atoms with van der Waals surface area (Å²) >= 11 is 17.3. The minimum atomic E-state index is -0.462. The standard InChI is InChI=1S/C10H11Cl3N2O2/c11-4-6-14(7-5-12)10-8(13)2-1-3-9(10)15(16)17/h1-3H,4-7H2. The molecule has 0 radical (unpaired) electrons. The molecule has 94 valence electrons. The van der Waals surface area contributed by atoms with Crippen LogP contribution in [-0.4, -0.2) is 29.8 Å². The third kappa shape index (κ3) is 3.63. The molecule has 1 aromatic rings. The van der Waals surface area contributed by atoms with Gasteiger partial charge in [-0.25, -0.2) is 0 Å². The van der Waals surface area contributed by atoms with Crippen LogP contribution in [0.15, 0.2) is 18.2 Å². The van der Waals surface area contributed by atoms with Gasteiger partial charge in [-0.3, -0.25) is 10.1 Å². The van der Waals surface area contributed by atoms with Crippen LogP contribution in [0.4, 0.5) is 11.4 Å². The summed E-state index contributed by atoms with van der Waals surface area (Å²) in [6.07, 6.45) is 0. The predicted molar refractivity (Wildman–Crippen MR) is 71.8 cm³/mol. The molecular formula is C10H11Cl3N2O2. The van der Waals surface area contributed by atoms with Crippen LogP contribution >= 0.6 is 34.8 Å². The summed E-state index contributed by atoms with van der Waals surface area (Å²) in [5.74, 6) is 0.693. The quantitative estimate of drug-likeness (QED) is 0.458. The van der Waals surface area contributed by atoms with Gasteiger partial charge < -0.3 is 4.90 Å². The minimum Gasteiger partial charge on any atom is -0.362 e. The topological polar surface area (TPSA) is 46.4 Å². The Bertz CT molecular complexity index is 395. The van der Waals surface area contributed by atoms with Crippen LogP contribution < -0.4 is 4.90 Å². The second-order valence-corrected chi connectivity index (χ2v) is 4.39. The second kappa shape index (κ2) is 6.89. The van der Waals surface area contributed by atoms with Gasteiger partial charge in [-0.1, -0.05) is 17.7 Å². The molecule has 17 heavy (non-hydrogen) atoms. The Balaban J connectivity index is 3.19. The predicted octanol–water partition coefficient (Wildman–Crippen LogP) is 3.53. The molecule has 0 heterocycles. The zero-order chi connectivity index (χ0) is 12.8. The molecule has 1 rings (SSSR count). The van der Waals surface area contributed by atoms with Crippen LogP contribution in [0, 0.1) is 10.1 Å². The summed E-state index contributed by atoms with van der Waals surface area (Å²) in [7, 11) is 0. The molecule has 7 heteroatoms. The smallest absolute Gasteiger partial charge is 0.294 e. The summed E-state index contributed by atoms with van der Waals surface area (Å²) in [5.41, 5.74) is 0.341. The Morgan fingerprint density at radius 3 is 2.29 bits per heavy atom. The van der Waals surface area contributed by atoms with Gasteiger partial charge in [-0.2, -0.15) is 0 Å². The Hall–Kier alpha value is -0.710. The van der Waals surface area contributed by atoms with Crippen LogP contribution in [0.3, 0.4) is 0 Å². The van der Waals surface area contributed by atoms with Gasteiger partial charge in [0.15, 0.2) is 0 Å². The molecule has 0 fully saturated rings. The Morgan fingerprint density at radius 2 is 1.82 bits per heavy atom. The zero-order valence-corrected chi connectivity index (χ0v) is 11.2. The van der Waals surface area contributed by atoms with Crippen molar-refractivity contribution < 1.29 is 4.92 Å².